The summed E-state index contributed by atoms with van der Waals surface area (Å²) in [6.45, 7) is 0.644. The van der Waals surface area contributed by atoms with Crippen molar-refractivity contribution in [1.82, 2.24) is 4.31 Å². The fourth-order valence-electron chi connectivity index (χ4n) is 3.25. The molecule has 0 saturated carbocycles. The van der Waals surface area contributed by atoms with Crippen LogP contribution in [-0.2, 0) is 14.8 Å². The van der Waals surface area contributed by atoms with Crippen molar-refractivity contribution < 1.29 is 31.6 Å². The zero-order chi connectivity index (χ0) is 23.4. The molecule has 1 fully saturated rings. The van der Waals surface area contributed by atoms with E-state index in [-0.39, 0.29) is 37.6 Å². The Hall–Kier alpha value is -3.54. The average molecular weight is 473 g/mol. The summed E-state index contributed by atoms with van der Waals surface area (Å²) in [5.41, 5.74) is 0.719. The fourth-order valence-corrected chi connectivity index (χ4v) is 4.75. The minimum absolute atomic E-state index is 0.0340. The van der Waals surface area contributed by atoms with Gasteiger partial charge in [0.1, 0.15) is 10.7 Å². The van der Waals surface area contributed by atoms with E-state index in [1.807, 2.05) is 0 Å². The van der Waals surface area contributed by atoms with Crippen molar-refractivity contribution in [3.63, 3.8) is 0 Å². The molecule has 0 atom stereocenters. The smallest absolute Gasteiger partial charge is 0.291 e. The van der Waals surface area contributed by atoms with E-state index in [4.69, 9.17) is 9.15 Å². The number of ether oxygens (including phenoxy) is 1. The van der Waals surface area contributed by atoms with Gasteiger partial charge in [0.15, 0.2) is 5.76 Å². The molecule has 0 aliphatic carbocycles. The molecule has 172 valence electrons. The lowest BCUT2D eigenvalue weighted by Crippen LogP contribution is -2.41. The number of halogens is 1. The minimum atomic E-state index is -4.12. The number of hydrogen-bond donors (Lipinski definition) is 2. The van der Waals surface area contributed by atoms with Gasteiger partial charge >= 0.3 is 0 Å². The lowest BCUT2D eigenvalue weighted by molar-refractivity contribution is 0.0729. The third kappa shape index (κ3) is 5.11. The lowest BCUT2D eigenvalue weighted by Gasteiger charge is -2.26. The summed E-state index contributed by atoms with van der Waals surface area (Å²) in [7, 11) is -4.12. The molecule has 0 spiro atoms. The third-order valence-electron chi connectivity index (χ3n) is 4.90. The topological polar surface area (TPSA) is 118 Å². The first-order valence-corrected chi connectivity index (χ1v) is 11.4. The molecular weight excluding hydrogens is 453 g/mol. The van der Waals surface area contributed by atoms with Crippen molar-refractivity contribution >= 4 is 33.2 Å². The molecule has 2 amide bonds. The van der Waals surface area contributed by atoms with Gasteiger partial charge in [-0.2, -0.15) is 4.31 Å². The Labute approximate surface area is 189 Å². The number of benzene rings is 2. The second-order valence-electron chi connectivity index (χ2n) is 7.13. The molecule has 0 unspecified atom stereocenters. The summed E-state index contributed by atoms with van der Waals surface area (Å²) in [6, 6.07) is 12.6. The average Bonchev–Trinajstić information content (AvgIpc) is 3.35. The van der Waals surface area contributed by atoms with Crippen LogP contribution in [0.4, 0.5) is 15.8 Å². The Morgan fingerprint density at radius 2 is 1.61 bits per heavy atom. The van der Waals surface area contributed by atoms with E-state index < -0.39 is 32.6 Å². The Bertz CT molecular complexity index is 1270. The van der Waals surface area contributed by atoms with Crippen molar-refractivity contribution in [2.75, 3.05) is 36.9 Å². The van der Waals surface area contributed by atoms with Crippen LogP contribution < -0.4 is 10.6 Å². The van der Waals surface area contributed by atoms with Gasteiger partial charge in [-0.25, -0.2) is 12.8 Å². The summed E-state index contributed by atoms with van der Waals surface area (Å²) >= 11 is 0. The van der Waals surface area contributed by atoms with Gasteiger partial charge in [-0.05, 0) is 48.5 Å². The highest BCUT2D eigenvalue weighted by atomic mass is 32.2. The fraction of sp³-hybridized carbons (Fsp3) is 0.182. The predicted molar refractivity (Wildman–Crippen MR) is 117 cm³/mol. The van der Waals surface area contributed by atoms with Crippen LogP contribution in [0.15, 0.2) is 70.2 Å². The maximum atomic E-state index is 14.4. The Morgan fingerprint density at radius 3 is 2.27 bits per heavy atom. The monoisotopic (exact) mass is 473 g/mol. The molecule has 2 heterocycles. The maximum absolute atomic E-state index is 14.4. The molecule has 4 rings (SSSR count). The van der Waals surface area contributed by atoms with Crippen molar-refractivity contribution in [3.8, 4) is 0 Å². The zero-order valence-electron chi connectivity index (χ0n) is 17.3. The molecule has 3 aromatic rings. The number of nitrogens with one attached hydrogen (secondary N) is 2. The Morgan fingerprint density at radius 1 is 0.909 bits per heavy atom. The van der Waals surface area contributed by atoms with Gasteiger partial charge in [-0.3, -0.25) is 9.59 Å². The minimum Gasteiger partial charge on any atom is -0.459 e. The van der Waals surface area contributed by atoms with Crippen LogP contribution in [0, 0.1) is 5.82 Å². The molecular formula is C22H20FN3O6S. The van der Waals surface area contributed by atoms with Gasteiger partial charge in [-0.1, -0.05) is 6.07 Å². The van der Waals surface area contributed by atoms with E-state index in [0.717, 1.165) is 16.4 Å². The first-order chi connectivity index (χ1) is 15.8. The number of sulfonamides is 1. The van der Waals surface area contributed by atoms with E-state index in [1.165, 1.54) is 24.5 Å². The summed E-state index contributed by atoms with van der Waals surface area (Å²) in [5.74, 6) is -1.91. The van der Waals surface area contributed by atoms with Crippen molar-refractivity contribution in [3.05, 3.63) is 78.0 Å². The zero-order valence-corrected chi connectivity index (χ0v) is 18.1. The number of rotatable bonds is 6. The third-order valence-corrected chi connectivity index (χ3v) is 6.82. The molecule has 2 N–H and O–H groups in total. The molecule has 1 aliphatic heterocycles. The molecule has 9 nitrogen and oxygen atoms in total. The van der Waals surface area contributed by atoms with Crippen LogP contribution in [-0.4, -0.2) is 50.8 Å². The first-order valence-electron chi connectivity index (χ1n) is 9.98. The van der Waals surface area contributed by atoms with Crippen molar-refractivity contribution in [2.45, 2.75) is 4.90 Å². The van der Waals surface area contributed by atoms with Crippen molar-refractivity contribution in [1.29, 1.82) is 0 Å². The summed E-state index contributed by atoms with van der Waals surface area (Å²) in [6.07, 6.45) is 1.38. The van der Waals surface area contributed by atoms with Crippen molar-refractivity contribution in [2.24, 2.45) is 0 Å². The highest BCUT2D eigenvalue weighted by molar-refractivity contribution is 7.89. The van der Waals surface area contributed by atoms with Crippen LogP contribution in [0.25, 0.3) is 0 Å². The first kappa shape index (κ1) is 22.6. The molecule has 1 aromatic heterocycles. The number of hydrogen-bond acceptors (Lipinski definition) is 6. The second-order valence-corrected chi connectivity index (χ2v) is 9.03. The normalized spacial score (nSPS) is 14.6. The summed E-state index contributed by atoms with van der Waals surface area (Å²) in [4.78, 5) is 24.3. The van der Waals surface area contributed by atoms with E-state index >= 15 is 0 Å². The molecule has 11 heteroatoms. The van der Waals surface area contributed by atoms with Crippen LogP contribution in [0.3, 0.4) is 0 Å². The van der Waals surface area contributed by atoms with E-state index in [1.54, 1.807) is 24.3 Å². The largest absolute Gasteiger partial charge is 0.459 e. The summed E-state index contributed by atoms with van der Waals surface area (Å²) in [5, 5.41) is 5.26. The van der Waals surface area contributed by atoms with Crippen LogP contribution in [0.2, 0.25) is 0 Å². The van der Waals surface area contributed by atoms with Crippen LogP contribution in [0.5, 0.6) is 0 Å². The van der Waals surface area contributed by atoms with Gasteiger partial charge in [-0.15, -0.1) is 0 Å². The highest BCUT2D eigenvalue weighted by Gasteiger charge is 2.29. The molecule has 1 aliphatic rings. The second kappa shape index (κ2) is 9.53. The highest BCUT2D eigenvalue weighted by Crippen LogP contribution is 2.23. The summed E-state index contributed by atoms with van der Waals surface area (Å²) < 4.78 is 51.4. The van der Waals surface area contributed by atoms with E-state index in [2.05, 4.69) is 10.6 Å². The Kier molecular flexibility index (Phi) is 6.54. The van der Waals surface area contributed by atoms with Gasteiger partial charge in [0.2, 0.25) is 10.0 Å². The van der Waals surface area contributed by atoms with Gasteiger partial charge < -0.3 is 19.8 Å². The number of carbonyl (C=O) groups is 2. The van der Waals surface area contributed by atoms with Crippen LogP contribution >= 0.6 is 0 Å². The SMILES string of the molecule is O=C(Nc1cccc(NC(=O)c2ccco2)c1)c1ccc(F)c(S(=O)(=O)N2CCOCC2)c1. The number of morpholine rings is 1. The molecule has 1 saturated heterocycles. The number of carbonyl (C=O) groups excluding carboxylic acids is 2. The van der Waals surface area contributed by atoms with E-state index in [0.29, 0.717) is 11.4 Å². The molecule has 33 heavy (non-hydrogen) atoms. The van der Waals surface area contributed by atoms with E-state index in [9.17, 15) is 22.4 Å². The molecule has 2 aromatic carbocycles. The number of anilines is 2. The van der Waals surface area contributed by atoms with Gasteiger partial charge in [0.05, 0.1) is 19.5 Å². The number of nitrogens with zero attached hydrogens (tertiary/aromatic N) is 1. The van der Waals surface area contributed by atoms with Gasteiger partial charge in [0.25, 0.3) is 11.8 Å². The molecule has 0 bridgehead atoms. The Balaban J connectivity index is 1.51. The predicted octanol–water partition coefficient (Wildman–Crippen LogP) is 2.94. The lowest BCUT2D eigenvalue weighted by atomic mass is 10.2. The maximum Gasteiger partial charge on any atom is 0.291 e. The van der Waals surface area contributed by atoms with Crippen LogP contribution in [0.1, 0.15) is 20.9 Å². The molecule has 0 radical (unpaired) electrons. The number of amides is 2. The quantitative estimate of drug-likeness (QED) is 0.568. The van der Waals surface area contributed by atoms with Gasteiger partial charge in [0, 0.05) is 30.0 Å². The number of furan rings is 1. The standard InChI is InChI=1S/C22H20FN3O6S/c23-18-7-6-15(13-20(18)33(29,30)26-8-11-31-12-9-26)21(27)24-16-3-1-4-17(14-16)25-22(28)19-5-2-10-32-19/h1-7,10,13-14H,8-9,11-12H2,(H,24,27)(H,25,28).